The van der Waals surface area contributed by atoms with E-state index in [2.05, 4.69) is 26.1 Å². The minimum atomic E-state index is -0.781. The van der Waals surface area contributed by atoms with Crippen LogP contribution in [0.1, 0.15) is 12.8 Å². The number of carbonyl (C=O) groups is 2. The van der Waals surface area contributed by atoms with E-state index in [0.717, 1.165) is 0 Å². The summed E-state index contributed by atoms with van der Waals surface area (Å²) in [6.45, 7) is 1.16. The van der Waals surface area contributed by atoms with Gasteiger partial charge in [0.1, 0.15) is 0 Å². The Labute approximate surface area is 151 Å². The number of hydrogen-bond donors (Lipinski definition) is 3. The molecule has 2 aromatic rings. The van der Waals surface area contributed by atoms with Crippen molar-refractivity contribution in [2.24, 2.45) is 19.5 Å². The van der Waals surface area contributed by atoms with Gasteiger partial charge in [-0.3, -0.25) is 19.0 Å². The van der Waals surface area contributed by atoms with E-state index in [1.54, 1.807) is 48.0 Å². The van der Waals surface area contributed by atoms with E-state index < -0.39 is 5.41 Å². The number of amides is 2. The van der Waals surface area contributed by atoms with Gasteiger partial charge in [0.15, 0.2) is 11.6 Å². The van der Waals surface area contributed by atoms with Crippen LogP contribution in [-0.2, 0) is 23.7 Å². The fraction of sp³-hybridized carbons (Fsp3) is 0.467. The molecule has 136 valence electrons. The lowest BCUT2D eigenvalue weighted by Gasteiger charge is -2.25. The lowest BCUT2D eigenvalue weighted by Crippen LogP contribution is -2.41. The number of halogens is 1. The number of anilines is 2. The summed E-state index contributed by atoms with van der Waals surface area (Å²) in [6, 6.07) is 3.44. The first-order valence-electron chi connectivity index (χ1n) is 7.78. The molecule has 10 heteroatoms. The molecule has 0 radical (unpaired) electrons. The predicted octanol–water partition coefficient (Wildman–Crippen LogP) is 0.522. The van der Waals surface area contributed by atoms with E-state index in [4.69, 9.17) is 0 Å². The topological polar surface area (TPSA) is 106 Å². The summed E-state index contributed by atoms with van der Waals surface area (Å²) in [4.78, 5) is 25.1. The smallest absolute Gasteiger partial charge is 0.233 e. The Morgan fingerprint density at radius 2 is 1.76 bits per heavy atom. The molecule has 1 unspecified atom stereocenters. The van der Waals surface area contributed by atoms with Crippen LogP contribution in [0.15, 0.2) is 24.5 Å². The first-order valence-corrected chi connectivity index (χ1v) is 7.78. The number of nitrogens with one attached hydrogen (secondary N) is 3. The van der Waals surface area contributed by atoms with Crippen LogP contribution >= 0.6 is 12.4 Å². The van der Waals surface area contributed by atoms with Crippen LogP contribution in [-0.4, -0.2) is 44.5 Å². The average molecular weight is 368 g/mol. The first-order chi connectivity index (χ1) is 11.5. The van der Waals surface area contributed by atoms with Gasteiger partial charge in [0, 0.05) is 51.6 Å². The van der Waals surface area contributed by atoms with E-state index in [-0.39, 0.29) is 30.6 Å². The number of rotatable bonds is 5. The first kappa shape index (κ1) is 18.9. The third-order valence-corrected chi connectivity index (χ3v) is 4.16. The Morgan fingerprint density at radius 1 is 1.16 bits per heavy atom. The molecule has 9 nitrogen and oxygen atoms in total. The second kappa shape index (κ2) is 7.66. The maximum Gasteiger partial charge on any atom is 0.233 e. The molecule has 3 N–H and O–H groups in total. The molecule has 2 aromatic heterocycles. The van der Waals surface area contributed by atoms with Gasteiger partial charge in [-0.15, -0.1) is 12.4 Å². The van der Waals surface area contributed by atoms with Gasteiger partial charge in [-0.25, -0.2) is 0 Å². The highest BCUT2D eigenvalue weighted by Gasteiger charge is 2.43. The van der Waals surface area contributed by atoms with Crippen molar-refractivity contribution in [2.75, 3.05) is 23.7 Å². The highest BCUT2D eigenvalue weighted by Crippen LogP contribution is 2.31. The lowest BCUT2D eigenvalue weighted by molar-refractivity contribution is -0.129. The molecule has 3 heterocycles. The molecule has 0 saturated carbocycles. The Kier molecular flexibility index (Phi) is 5.81. The lowest BCUT2D eigenvalue weighted by atomic mass is 9.82. The Balaban J connectivity index is 0.00000225. The molecule has 1 fully saturated rings. The van der Waals surface area contributed by atoms with Crippen molar-refractivity contribution in [2.45, 2.75) is 12.8 Å². The zero-order valence-electron chi connectivity index (χ0n) is 14.2. The van der Waals surface area contributed by atoms with Crippen LogP contribution in [0.4, 0.5) is 11.6 Å². The quantitative estimate of drug-likeness (QED) is 0.714. The van der Waals surface area contributed by atoms with Gasteiger partial charge in [0.25, 0.3) is 0 Å². The fourth-order valence-corrected chi connectivity index (χ4v) is 2.88. The van der Waals surface area contributed by atoms with Gasteiger partial charge in [0.05, 0.1) is 5.41 Å². The number of aryl methyl sites for hydroxylation is 2. The maximum absolute atomic E-state index is 12.7. The largest absolute Gasteiger partial charge is 0.316 e. The van der Waals surface area contributed by atoms with E-state index >= 15 is 0 Å². The molecular formula is C15H22ClN7O2. The molecule has 1 saturated heterocycles. The van der Waals surface area contributed by atoms with Crippen LogP contribution in [0.2, 0.25) is 0 Å². The third-order valence-electron chi connectivity index (χ3n) is 4.16. The number of aromatic nitrogens is 4. The standard InChI is InChI=1S/C15H21N7O2.ClH/c1-21-7-3-11(19-21)17-13(23)9-15(5-6-16-10-15)14(24)18-12-4-8-22(2)20-12;/h3-4,7-8,16H,5-6,9-10H2,1-2H3,(H,17,19,23)(H,18,20,24);1H. The van der Waals surface area contributed by atoms with Gasteiger partial charge in [-0.1, -0.05) is 0 Å². The van der Waals surface area contributed by atoms with E-state index in [1.165, 1.54) is 0 Å². The summed E-state index contributed by atoms with van der Waals surface area (Å²) in [5, 5.41) is 17.0. The second-order valence-corrected chi connectivity index (χ2v) is 6.14. The summed E-state index contributed by atoms with van der Waals surface area (Å²) in [6.07, 6.45) is 4.19. The Bertz CT molecular complexity index is 749. The summed E-state index contributed by atoms with van der Waals surface area (Å²) >= 11 is 0. The van der Waals surface area contributed by atoms with Crippen molar-refractivity contribution in [3.8, 4) is 0 Å². The molecule has 0 aliphatic carbocycles. The summed E-state index contributed by atoms with van der Waals surface area (Å²) in [5.41, 5.74) is -0.781. The maximum atomic E-state index is 12.7. The predicted molar refractivity (Wildman–Crippen MR) is 95.5 cm³/mol. The van der Waals surface area contributed by atoms with E-state index in [9.17, 15) is 9.59 Å². The summed E-state index contributed by atoms with van der Waals surface area (Å²) < 4.78 is 3.22. The highest BCUT2D eigenvalue weighted by molar-refractivity contribution is 6.00. The van der Waals surface area contributed by atoms with Crippen molar-refractivity contribution in [3.63, 3.8) is 0 Å². The molecule has 0 bridgehead atoms. The molecule has 0 aromatic carbocycles. The van der Waals surface area contributed by atoms with Gasteiger partial charge in [-0.2, -0.15) is 10.2 Å². The number of hydrogen-bond acceptors (Lipinski definition) is 5. The summed E-state index contributed by atoms with van der Waals surface area (Å²) in [7, 11) is 3.56. The van der Waals surface area contributed by atoms with Crippen molar-refractivity contribution in [1.82, 2.24) is 24.9 Å². The van der Waals surface area contributed by atoms with Crippen LogP contribution in [0.3, 0.4) is 0 Å². The average Bonchev–Trinajstić information content (AvgIpc) is 3.23. The fourth-order valence-electron chi connectivity index (χ4n) is 2.88. The van der Waals surface area contributed by atoms with E-state index in [1.807, 2.05) is 0 Å². The van der Waals surface area contributed by atoms with Crippen LogP contribution in [0, 0.1) is 5.41 Å². The monoisotopic (exact) mass is 367 g/mol. The highest BCUT2D eigenvalue weighted by atomic mass is 35.5. The zero-order valence-corrected chi connectivity index (χ0v) is 15.0. The molecule has 1 atom stereocenters. The van der Waals surface area contributed by atoms with Crippen molar-refractivity contribution in [1.29, 1.82) is 0 Å². The number of carbonyl (C=O) groups excluding carboxylic acids is 2. The van der Waals surface area contributed by atoms with Crippen LogP contribution in [0.5, 0.6) is 0 Å². The van der Waals surface area contributed by atoms with Crippen molar-refractivity contribution >= 4 is 35.9 Å². The van der Waals surface area contributed by atoms with Gasteiger partial charge in [-0.05, 0) is 13.0 Å². The molecule has 1 aliphatic rings. The van der Waals surface area contributed by atoms with Gasteiger partial charge < -0.3 is 16.0 Å². The molecule has 25 heavy (non-hydrogen) atoms. The summed E-state index contributed by atoms with van der Waals surface area (Å²) in [5.74, 6) is 0.545. The molecule has 3 rings (SSSR count). The minimum Gasteiger partial charge on any atom is -0.316 e. The second-order valence-electron chi connectivity index (χ2n) is 6.14. The number of nitrogens with zero attached hydrogens (tertiary/aromatic N) is 4. The normalized spacial score (nSPS) is 19.3. The SMILES string of the molecule is Cl.Cn1ccc(NC(=O)CC2(C(=O)Nc3ccn(C)n3)CCNC2)n1. The Morgan fingerprint density at radius 3 is 2.24 bits per heavy atom. The van der Waals surface area contributed by atoms with Crippen LogP contribution in [0.25, 0.3) is 0 Å². The third kappa shape index (κ3) is 4.37. The van der Waals surface area contributed by atoms with Gasteiger partial charge in [0.2, 0.25) is 11.8 Å². The molecule has 2 amide bonds. The molecule has 1 aliphatic heterocycles. The van der Waals surface area contributed by atoms with Gasteiger partial charge >= 0.3 is 0 Å². The zero-order chi connectivity index (χ0) is 17.2. The molecule has 0 spiro atoms. The van der Waals surface area contributed by atoms with Crippen molar-refractivity contribution in [3.05, 3.63) is 24.5 Å². The molecular weight excluding hydrogens is 346 g/mol. The van der Waals surface area contributed by atoms with Crippen LogP contribution < -0.4 is 16.0 Å². The Hall–Kier alpha value is -2.39. The van der Waals surface area contributed by atoms with Crippen molar-refractivity contribution < 1.29 is 9.59 Å². The minimum absolute atomic E-state index is 0. The van der Waals surface area contributed by atoms with E-state index in [0.29, 0.717) is 31.1 Å².